The average Bonchev–Trinajstić information content (AvgIpc) is 3.17. The van der Waals surface area contributed by atoms with Gasteiger partial charge in [0.15, 0.2) is 11.2 Å². The highest BCUT2D eigenvalue weighted by molar-refractivity contribution is 7.11. The molecular weight excluding hydrogens is 397 g/mol. The second kappa shape index (κ2) is 6.75. The first-order chi connectivity index (χ1) is 13.3. The number of nitrogens with zero attached hydrogens (tertiary/aromatic N) is 4. The molecule has 0 aliphatic rings. The molecule has 0 bridgehead atoms. The maximum absolute atomic E-state index is 12.3. The highest BCUT2D eigenvalue weighted by Crippen LogP contribution is 2.27. The van der Waals surface area contributed by atoms with E-state index in [1.54, 1.807) is 19.1 Å². The van der Waals surface area contributed by atoms with Crippen molar-refractivity contribution < 1.29 is 22.3 Å². The van der Waals surface area contributed by atoms with Crippen LogP contribution in [0.1, 0.15) is 10.0 Å². The Morgan fingerprint density at radius 1 is 1.14 bits per heavy atom. The molecular formula is C17H11F3N4O3S. The van der Waals surface area contributed by atoms with Crippen LogP contribution in [0.3, 0.4) is 0 Å². The van der Waals surface area contributed by atoms with Crippen molar-refractivity contribution in [3.63, 3.8) is 0 Å². The lowest BCUT2D eigenvalue weighted by molar-refractivity contribution is -0.274. The third-order valence-electron chi connectivity index (χ3n) is 3.76. The van der Waals surface area contributed by atoms with Gasteiger partial charge in [-0.3, -0.25) is 4.57 Å². The first-order valence-corrected chi connectivity index (χ1v) is 8.76. The first kappa shape index (κ1) is 18.2. The average molecular weight is 408 g/mol. The van der Waals surface area contributed by atoms with Crippen molar-refractivity contribution >= 4 is 22.6 Å². The lowest BCUT2D eigenvalue weighted by Gasteiger charge is -2.09. The van der Waals surface area contributed by atoms with Gasteiger partial charge in [0.05, 0.1) is 12.2 Å². The SMILES string of the molecule is Cc1nnc(Cn2c(=O)oc3ccc(-c4ccc(OC(F)(F)F)cc4)nc32)s1. The van der Waals surface area contributed by atoms with Gasteiger partial charge in [-0.2, -0.15) is 0 Å². The summed E-state index contributed by atoms with van der Waals surface area (Å²) in [6, 6.07) is 8.49. The minimum Gasteiger partial charge on any atom is -0.406 e. The zero-order valence-corrected chi connectivity index (χ0v) is 15.0. The molecule has 0 spiro atoms. The van der Waals surface area contributed by atoms with Crippen molar-refractivity contribution in [3.05, 3.63) is 57.0 Å². The summed E-state index contributed by atoms with van der Waals surface area (Å²) in [5.74, 6) is -0.911. The van der Waals surface area contributed by atoms with Crippen molar-refractivity contribution in [3.8, 4) is 17.0 Å². The number of aryl methyl sites for hydroxylation is 1. The van der Waals surface area contributed by atoms with E-state index in [1.165, 1.54) is 40.2 Å². The summed E-state index contributed by atoms with van der Waals surface area (Å²) in [4.78, 5) is 16.6. The number of rotatable bonds is 4. The molecule has 0 saturated heterocycles. The van der Waals surface area contributed by atoms with Crippen LogP contribution in [0.25, 0.3) is 22.5 Å². The third kappa shape index (κ3) is 3.74. The number of fused-ring (bicyclic) bond motifs is 1. The highest BCUT2D eigenvalue weighted by atomic mass is 32.1. The molecule has 0 unspecified atom stereocenters. The molecule has 0 fully saturated rings. The van der Waals surface area contributed by atoms with Crippen LogP contribution in [0.15, 0.2) is 45.6 Å². The fourth-order valence-corrected chi connectivity index (χ4v) is 3.31. The van der Waals surface area contributed by atoms with Gasteiger partial charge in [-0.1, -0.05) is 11.3 Å². The molecule has 3 aromatic heterocycles. The normalized spacial score (nSPS) is 11.9. The first-order valence-electron chi connectivity index (χ1n) is 7.94. The molecule has 7 nitrogen and oxygen atoms in total. The molecule has 0 amide bonds. The van der Waals surface area contributed by atoms with Crippen molar-refractivity contribution in [2.24, 2.45) is 0 Å². The number of hydrogen-bond acceptors (Lipinski definition) is 7. The van der Waals surface area contributed by atoms with E-state index in [4.69, 9.17) is 4.42 Å². The number of ether oxygens (including phenoxy) is 1. The summed E-state index contributed by atoms with van der Waals surface area (Å²) in [5.41, 5.74) is 1.63. The van der Waals surface area contributed by atoms with Gasteiger partial charge in [0.25, 0.3) is 0 Å². The maximum Gasteiger partial charge on any atom is 0.573 e. The summed E-state index contributed by atoms with van der Waals surface area (Å²) in [7, 11) is 0. The Morgan fingerprint density at radius 2 is 1.89 bits per heavy atom. The standard InChI is InChI=1S/C17H11F3N4O3S/c1-9-22-23-14(28-9)8-24-15-13(26-16(24)25)7-6-12(21-15)10-2-4-11(5-3-10)27-17(18,19)20/h2-7H,8H2,1H3. The molecule has 28 heavy (non-hydrogen) atoms. The Balaban J connectivity index is 1.69. The Kier molecular flexibility index (Phi) is 4.38. The monoisotopic (exact) mass is 408 g/mol. The van der Waals surface area contributed by atoms with Crippen molar-refractivity contribution in [2.75, 3.05) is 0 Å². The molecule has 1 aromatic carbocycles. The Morgan fingerprint density at radius 3 is 2.54 bits per heavy atom. The fourth-order valence-electron chi connectivity index (χ4n) is 2.61. The summed E-state index contributed by atoms with van der Waals surface area (Å²) in [5, 5.41) is 9.30. The number of benzene rings is 1. The lowest BCUT2D eigenvalue weighted by Crippen LogP contribution is -2.16. The van der Waals surface area contributed by atoms with E-state index in [9.17, 15) is 18.0 Å². The van der Waals surface area contributed by atoms with Crippen molar-refractivity contribution in [1.82, 2.24) is 19.7 Å². The summed E-state index contributed by atoms with van der Waals surface area (Å²) >= 11 is 1.35. The Bertz CT molecular complexity index is 1200. The van der Waals surface area contributed by atoms with Gasteiger partial charge in [0.1, 0.15) is 15.8 Å². The number of oxazole rings is 1. The van der Waals surface area contributed by atoms with E-state index in [-0.39, 0.29) is 12.3 Å². The van der Waals surface area contributed by atoms with Gasteiger partial charge in [0, 0.05) is 5.56 Å². The van der Waals surface area contributed by atoms with Gasteiger partial charge in [-0.05, 0) is 43.3 Å². The molecule has 0 saturated carbocycles. The van der Waals surface area contributed by atoms with Crippen LogP contribution in [0.2, 0.25) is 0 Å². The third-order valence-corrected chi connectivity index (χ3v) is 4.58. The van der Waals surface area contributed by atoms with Crippen LogP contribution in [-0.4, -0.2) is 26.1 Å². The van der Waals surface area contributed by atoms with Crippen LogP contribution in [0.5, 0.6) is 5.75 Å². The molecule has 0 atom stereocenters. The van der Waals surface area contributed by atoms with Gasteiger partial charge in [-0.25, -0.2) is 9.78 Å². The minimum absolute atomic E-state index is 0.159. The number of pyridine rings is 1. The van der Waals surface area contributed by atoms with Crippen molar-refractivity contribution in [2.45, 2.75) is 19.8 Å². The number of hydrogen-bond donors (Lipinski definition) is 0. The summed E-state index contributed by atoms with van der Waals surface area (Å²) < 4.78 is 47.2. The van der Waals surface area contributed by atoms with Crippen LogP contribution in [0, 0.1) is 6.92 Å². The Hall–Kier alpha value is -3.21. The second-order valence-electron chi connectivity index (χ2n) is 5.76. The molecule has 11 heteroatoms. The van der Waals surface area contributed by atoms with E-state index in [0.717, 1.165) is 5.01 Å². The maximum atomic E-state index is 12.3. The number of alkyl halides is 3. The van der Waals surface area contributed by atoms with Gasteiger partial charge in [0.2, 0.25) is 0 Å². The largest absolute Gasteiger partial charge is 0.573 e. The predicted octanol–water partition coefficient (Wildman–Crippen LogP) is 3.76. The fraction of sp³-hybridized carbons (Fsp3) is 0.176. The Labute approximate surface area is 159 Å². The topological polar surface area (TPSA) is 83.0 Å². The molecule has 4 aromatic rings. The van der Waals surface area contributed by atoms with E-state index in [1.807, 2.05) is 0 Å². The zero-order chi connectivity index (χ0) is 19.9. The summed E-state index contributed by atoms with van der Waals surface area (Å²) in [6.07, 6.45) is -4.76. The summed E-state index contributed by atoms with van der Waals surface area (Å²) in [6.45, 7) is 1.96. The van der Waals surface area contributed by atoms with Crippen LogP contribution in [-0.2, 0) is 6.54 Å². The number of aromatic nitrogens is 4. The second-order valence-corrected chi connectivity index (χ2v) is 7.03. The lowest BCUT2D eigenvalue weighted by atomic mass is 10.1. The van der Waals surface area contributed by atoms with E-state index in [0.29, 0.717) is 27.5 Å². The predicted molar refractivity (Wildman–Crippen MR) is 94.1 cm³/mol. The number of halogens is 3. The molecule has 0 aliphatic carbocycles. The van der Waals surface area contributed by atoms with Gasteiger partial charge >= 0.3 is 12.1 Å². The van der Waals surface area contributed by atoms with Crippen LogP contribution < -0.4 is 10.5 Å². The molecule has 0 radical (unpaired) electrons. The van der Waals surface area contributed by atoms with Gasteiger partial charge in [-0.15, -0.1) is 23.4 Å². The molecule has 0 N–H and O–H groups in total. The molecule has 4 rings (SSSR count). The van der Waals surface area contributed by atoms with E-state index < -0.39 is 12.1 Å². The molecule has 0 aliphatic heterocycles. The van der Waals surface area contributed by atoms with E-state index >= 15 is 0 Å². The highest BCUT2D eigenvalue weighted by Gasteiger charge is 2.31. The van der Waals surface area contributed by atoms with E-state index in [2.05, 4.69) is 19.9 Å². The smallest absolute Gasteiger partial charge is 0.406 e. The zero-order valence-electron chi connectivity index (χ0n) is 14.2. The molecule has 144 valence electrons. The van der Waals surface area contributed by atoms with Crippen molar-refractivity contribution in [1.29, 1.82) is 0 Å². The van der Waals surface area contributed by atoms with Crippen LogP contribution >= 0.6 is 11.3 Å². The quantitative estimate of drug-likeness (QED) is 0.511. The minimum atomic E-state index is -4.76. The van der Waals surface area contributed by atoms with Gasteiger partial charge < -0.3 is 9.15 Å². The van der Waals surface area contributed by atoms with Crippen LogP contribution in [0.4, 0.5) is 13.2 Å². The molecule has 3 heterocycles.